The third-order valence-electron chi connectivity index (χ3n) is 6.67. The lowest BCUT2D eigenvalue weighted by molar-refractivity contribution is 0.279. The maximum atomic E-state index is 6.66. The van der Waals surface area contributed by atoms with Crippen molar-refractivity contribution in [3.63, 3.8) is 0 Å². The lowest BCUT2D eigenvalue weighted by Crippen LogP contribution is -2.47. The molecular formula is C22H29ClN8. The Morgan fingerprint density at radius 3 is 2.74 bits per heavy atom. The number of halogens is 1. The second-order valence-corrected chi connectivity index (χ2v) is 9.64. The summed E-state index contributed by atoms with van der Waals surface area (Å²) in [5, 5.41) is 15.4. The van der Waals surface area contributed by atoms with E-state index in [1.54, 1.807) is 6.20 Å². The van der Waals surface area contributed by atoms with E-state index in [4.69, 9.17) is 22.3 Å². The molecule has 0 radical (unpaired) electrons. The van der Waals surface area contributed by atoms with Gasteiger partial charge in [-0.25, -0.2) is 9.97 Å². The van der Waals surface area contributed by atoms with Crippen molar-refractivity contribution in [2.75, 3.05) is 5.32 Å². The van der Waals surface area contributed by atoms with Gasteiger partial charge in [-0.15, -0.1) is 0 Å². The molecule has 0 spiro atoms. The SMILES string of the molecule is Cn1ncc(-c2nc(NC3CCC(N)(Cc4cn[nH]c4)CC3)ncc2Cl)c1CC1CC1. The van der Waals surface area contributed by atoms with Crippen LogP contribution in [-0.2, 0) is 19.9 Å². The van der Waals surface area contributed by atoms with Gasteiger partial charge in [-0.1, -0.05) is 11.6 Å². The summed E-state index contributed by atoms with van der Waals surface area (Å²) in [6.45, 7) is 0. The first-order valence-electron chi connectivity index (χ1n) is 11.1. The van der Waals surface area contributed by atoms with Gasteiger partial charge >= 0.3 is 0 Å². The van der Waals surface area contributed by atoms with Crippen molar-refractivity contribution in [2.45, 2.75) is 62.9 Å². The molecule has 0 amide bonds. The Labute approximate surface area is 187 Å². The number of nitrogens with zero attached hydrogens (tertiary/aromatic N) is 5. The molecule has 0 bridgehead atoms. The second kappa shape index (κ2) is 8.24. The Bertz CT molecular complexity index is 1030. The first kappa shape index (κ1) is 20.5. The number of rotatable bonds is 7. The van der Waals surface area contributed by atoms with Crippen LogP contribution in [0.1, 0.15) is 49.8 Å². The summed E-state index contributed by atoms with van der Waals surface area (Å²) in [6, 6.07) is 0.301. The number of nitrogens with one attached hydrogen (secondary N) is 2. The summed E-state index contributed by atoms with van der Waals surface area (Å²) < 4.78 is 1.95. The van der Waals surface area contributed by atoms with Gasteiger partial charge in [0.15, 0.2) is 0 Å². The molecule has 0 aromatic carbocycles. The molecular weight excluding hydrogens is 412 g/mol. The monoisotopic (exact) mass is 440 g/mol. The summed E-state index contributed by atoms with van der Waals surface area (Å²) in [5.41, 5.74) is 10.6. The number of aromatic nitrogens is 6. The average Bonchev–Trinajstić information content (AvgIpc) is 3.31. The van der Waals surface area contributed by atoms with Crippen LogP contribution in [0.2, 0.25) is 5.02 Å². The zero-order chi connectivity index (χ0) is 21.4. The highest BCUT2D eigenvalue weighted by atomic mass is 35.5. The molecule has 0 aliphatic heterocycles. The van der Waals surface area contributed by atoms with Crippen LogP contribution in [0.25, 0.3) is 11.3 Å². The van der Waals surface area contributed by atoms with Crippen molar-refractivity contribution in [3.8, 4) is 11.3 Å². The number of hydrogen-bond acceptors (Lipinski definition) is 6. The topological polar surface area (TPSA) is 110 Å². The third-order valence-corrected chi connectivity index (χ3v) is 6.94. The van der Waals surface area contributed by atoms with Crippen LogP contribution >= 0.6 is 11.6 Å². The highest BCUT2D eigenvalue weighted by molar-refractivity contribution is 6.32. The van der Waals surface area contributed by atoms with Gasteiger partial charge in [0, 0.05) is 36.1 Å². The predicted octanol–water partition coefficient (Wildman–Crippen LogP) is 3.50. The van der Waals surface area contributed by atoms with Crippen LogP contribution in [0.15, 0.2) is 24.8 Å². The van der Waals surface area contributed by atoms with Crippen molar-refractivity contribution in [3.05, 3.63) is 41.1 Å². The minimum atomic E-state index is -0.179. The van der Waals surface area contributed by atoms with Gasteiger partial charge in [-0.3, -0.25) is 9.78 Å². The van der Waals surface area contributed by atoms with Gasteiger partial charge in [-0.2, -0.15) is 10.2 Å². The standard InChI is InChI=1S/C22H29ClN8/c1-31-19(8-14-2-3-14)17(12-28-31)20-18(23)13-25-21(30-20)29-16-4-6-22(24,7-5-16)9-15-10-26-27-11-15/h10-14,16H,2-9,24H2,1H3,(H,26,27)(H,25,29,30). The third kappa shape index (κ3) is 4.60. The van der Waals surface area contributed by atoms with Gasteiger partial charge in [0.1, 0.15) is 0 Å². The summed E-state index contributed by atoms with van der Waals surface area (Å²) in [7, 11) is 1.99. The van der Waals surface area contributed by atoms with E-state index in [0.29, 0.717) is 17.0 Å². The van der Waals surface area contributed by atoms with Crippen molar-refractivity contribution in [1.82, 2.24) is 29.9 Å². The van der Waals surface area contributed by atoms with E-state index in [2.05, 4.69) is 25.6 Å². The Hall–Kier alpha value is -2.45. The highest BCUT2D eigenvalue weighted by Crippen LogP contribution is 2.37. The number of aromatic amines is 1. The second-order valence-electron chi connectivity index (χ2n) is 9.23. The normalized spacial score (nSPS) is 23.8. The first-order valence-corrected chi connectivity index (χ1v) is 11.4. The quantitative estimate of drug-likeness (QED) is 0.518. The number of aryl methyl sites for hydroxylation is 1. The van der Waals surface area contributed by atoms with Crippen LogP contribution in [0.4, 0.5) is 5.95 Å². The minimum Gasteiger partial charge on any atom is -0.351 e. The molecule has 3 heterocycles. The first-order chi connectivity index (χ1) is 15.0. The maximum absolute atomic E-state index is 6.66. The number of H-pyrrole nitrogens is 1. The van der Waals surface area contributed by atoms with Crippen LogP contribution in [0, 0.1) is 5.92 Å². The van der Waals surface area contributed by atoms with E-state index in [0.717, 1.165) is 61.3 Å². The molecule has 0 atom stereocenters. The fourth-order valence-electron chi connectivity index (χ4n) is 4.60. The van der Waals surface area contributed by atoms with Crippen molar-refractivity contribution < 1.29 is 0 Å². The molecule has 4 N–H and O–H groups in total. The van der Waals surface area contributed by atoms with Crippen LogP contribution in [-0.4, -0.2) is 41.5 Å². The van der Waals surface area contributed by atoms with Crippen molar-refractivity contribution in [1.29, 1.82) is 0 Å². The molecule has 8 nitrogen and oxygen atoms in total. The molecule has 3 aromatic heterocycles. The van der Waals surface area contributed by atoms with Gasteiger partial charge in [0.2, 0.25) is 5.95 Å². The number of nitrogens with two attached hydrogens (primary N) is 1. The van der Waals surface area contributed by atoms with Gasteiger partial charge in [-0.05, 0) is 62.8 Å². The molecule has 2 fully saturated rings. The maximum Gasteiger partial charge on any atom is 0.223 e. The molecule has 3 aromatic rings. The molecule has 164 valence electrons. The van der Waals surface area contributed by atoms with Gasteiger partial charge in [0.05, 0.1) is 29.3 Å². The van der Waals surface area contributed by atoms with E-state index < -0.39 is 0 Å². The molecule has 0 unspecified atom stereocenters. The van der Waals surface area contributed by atoms with Crippen molar-refractivity contribution in [2.24, 2.45) is 18.7 Å². The fourth-order valence-corrected chi connectivity index (χ4v) is 4.79. The Morgan fingerprint density at radius 1 is 1.23 bits per heavy atom. The van der Waals surface area contributed by atoms with E-state index in [1.165, 1.54) is 18.5 Å². The number of hydrogen-bond donors (Lipinski definition) is 3. The van der Waals surface area contributed by atoms with Crippen LogP contribution in [0.5, 0.6) is 0 Å². The van der Waals surface area contributed by atoms with E-state index in [9.17, 15) is 0 Å². The van der Waals surface area contributed by atoms with Gasteiger partial charge < -0.3 is 11.1 Å². The lowest BCUT2D eigenvalue weighted by atomic mass is 9.77. The van der Waals surface area contributed by atoms with E-state index in [1.807, 2.05) is 30.3 Å². The average molecular weight is 441 g/mol. The molecule has 2 aliphatic rings. The van der Waals surface area contributed by atoms with Crippen molar-refractivity contribution >= 4 is 17.5 Å². The molecule has 31 heavy (non-hydrogen) atoms. The Morgan fingerprint density at radius 2 is 2.03 bits per heavy atom. The minimum absolute atomic E-state index is 0.179. The molecule has 2 saturated carbocycles. The van der Waals surface area contributed by atoms with Crippen LogP contribution < -0.4 is 11.1 Å². The summed E-state index contributed by atoms with van der Waals surface area (Å²) in [6.07, 6.45) is 15.7. The molecule has 0 saturated heterocycles. The molecule has 9 heteroatoms. The van der Waals surface area contributed by atoms with Gasteiger partial charge in [0.25, 0.3) is 0 Å². The molecule has 2 aliphatic carbocycles. The fraction of sp³-hybridized carbons (Fsp3) is 0.545. The summed E-state index contributed by atoms with van der Waals surface area (Å²) in [4.78, 5) is 9.22. The zero-order valence-electron chi connectivity index (χ0n) is 17.8. The Kier molecular flexibility index (Phi) is 5.44. The summed E-state index contributed by atoms with van der Waals surface area (Å²) >= 11 is 6.50. The van der Waals surface area contributed by atoms with Crippen LogP contribution in [0.3, 0.4) is 0 Å². The molecule has 5 rings (SSSR count). The smallest absolute Gasteiger partial charge is 0.223 e. The lowest BCUT2D eigenvalue weighted by Gasteiger charge is -2.37. The predicted molar refractivity (Wildman–Crippen MR) is 121 cm³/mol. The van der Waals surface area contributed by atoms with E-state index >= 15 is 0 Å². The zero-order valence-corrected chi connectivity index (χ0v) is 18.6. The highest BCUT2D eigenvalue weighted by Gasteiger charge is 2.32. The van der Waals surface area contributed by atoms with E-state index in [-0.39, 0.29) is 5.54 Å². The summed E-state index contributed by atoms with van der Waals surface area (Å²) in [5.74, 6) is 1.37. The number of anilines is 1. The largest absolute Gasteiger partial charge is 0.351 e. The Balaban J connectivity index is 1.27.